The van der Waals surface area contributed by atoms with E-state index in [1.165, 1.54) is 19.1 Å². The first-order valence-electron chi connectivity index (χ1n) is 13.4. The zero-order valence-corrected chi connectivity index (χ0v) is 22.7. The molecule has 2 saturated heterocycles. The predicted molar refractivity (Wildman–Crippen MR) is 143 cm³/mol. The fourth-order valence-corrected chi connectivity index (χ4v) is 5.53. The number of piperidine rings is 2. The molecule has 40 heavy (non-hydrogen) atoms. The number of amides is 3. The van der Waals surface area contributed by atoms with Crippen molar-refractivity contribution in [3.8, 4) is 11.5 Å². The molecule has 212 valence electrons. The van der Waals surface area contributed by atoms with Crippen LogP contribution in [0.2, 0.25) is 0 Å². The highest BCUT2D eigenvalue weighted by molar-refractivity contribution is 6.32. The third kappa shape index (κ3) is 5.54. The van der Waals surface area contributed by atoms with Crippen molar-refractivity contribution in [1.82, 2.24) is 9.80 Å². The number of fused-ring (bicyclic) bond motifs is 1. The van der Waals surface area contributed by atoms with E-state index in [1.54, 1.807) is 28.0 Å². The minimum absolute atomic E-state index is 0.0509. The van der Waals surface area contributed by atoms with E-state index >= 15 is 0 Å². The molecule has 0 aromatic heterocycles. The van der Waals surface area contributed by atoms with Gasteiger partial charge in [0.15, 0.2) is 0 Å². The van der Waals surface area contributed by atoms with E-state index in [0.717, 1.165) is 11.3 Å². The van der Waals surface area contributed by atoms with Crippen LogP contribution in [0.15, 0.2) is 42.5 Å². The van der Waals surface area contributed by atoms with E-state index in [4.69, 9.17) is 14.2 Å². The Morgan fingerprint density at radius 1 is 0.900 bits per heavy atom. The first kappa shape index (κ1) is 27.3. The lowest BCUT2D eigenvalue weighted by molar-refractivity contribution is -0.159. The standard InChI is InChI=1S/C29H33N3O8/c1-37-25-17-22(40-21-11-15-31(16-12-21)27(34)28(35)38-2)7-8-23(25)26(33)30-13-9-20(10-14-30)32-24-6-4-3-5-19(24)18-39-29(32)36/h3-8,17,20-21H,9-16,18H2,1-2H3. The molecular formula is C29H33N3O8. The Morgan fingerprint density at radius 3 is 2.30 bits per heavy atom. The lowest BCUT2D eigenvalue weighted by Crippen LogP contribution is -2.50. The monoisotopic (exact) mass is 551 g/mol. The topological polar surface area (TPSA) is 115 Å². The number of hydrogen-bond donors (Lipinski definition) is 0. The molecule has 0 bridgehead atoms. The summed E-state index contributed by atoms with van der Waals surface area (Å²) in [5.74, 6) is -0.676. The van der Waals surface area contributed by atoms with Gasteiger partial charge in [-0.05, 0) is 31.0 Å². The number of carbonyl (C=O) groups is 4. The molecule has 11 heteroatoms. The fourth-order valence-electron chi connectivity index (χ4n) is 5.53. The van der Waals surface area contributed by atoms with Gasteiger partial charge in [0.2, 0.25) is 0 Å². The van der Waals surface area contributed by atoms with Crippen molar-refractivity contribution in [3.63, 3.8) is 0 Å². The molecule has 0 unspecified atom stereocenters. The molecule has 3 heterocycles. The van der Waals surface area contributed by atoms with Crippen LogP contribution in [0.3, 0.4) is 0 Å². The quantitative estimate of drug-likeness (QED) is 0.412. The van der Waals surface area contributed by atoms with E-state index < -0.39 is 11.9 Å². The van der Waals surface area contributed by atoms with Gasteiger partial charge in [0.25, 0.3) is 5.91 Å². The summed E-state index contributed by atoms with van der Waals surface area (Å²) >= 11 is 0. The third-order valence-electron chi connectivity index (χ3n) is 7.71. The predicted octanol–water partition coefficient (Wildman–Crippen LogP) is 3.00. The number of likely N-dealkylation sites (tertiary alicyclic amines) is 2. The zero-order chi connectivity index (χ0) is 28.2. The Hall–Kier alpha value is -4.28. The molecule has 0 radical (unpaired) electrons. The van der Waals surface area contributed by atoms with Crippen LogP contribution in [0.5, 0.6) is 11.5 Å². The SMILES string of the molecule is COC(=O)C(=O)N1CCC(Oc2ccc(C(=O)N3CCC(N4C(=O)OCc5ccccc54)CC3)c(OC)c2)CC1. The molecule has 2 aromatic carbocycles. The van der Waals surface area contributed by atoms with Crippen LogP contribution in [-0.4, -0.2) is 86.2 Å². The van der Waals surface area contributed by atoms with Crippen LogP contribution >= 0.6 is 0 Å². The highest BCUT2D eigenvalue weighted by Gasteiger charge is 2.35. The number of nitrogens with zero attached hydrogens (tertiary/aromatic N) is 3. The first-order chi connectivity index (χ1) is 19.4. The molecular weight excluding hydrogens is 518 g/mol. The van der Waals surface area contributed by atoms with Crippen molar-refractivity contribution in [3.05, 3.63) is 53.6 Å². The average molecular weight is 552 g/mol. The molecule has 0 atom stereocenters. The molecule has 0 spiro atoms. The molecule has 11 nitrogen and oxygen atoms in total. The Morgan fingerprint density at radius 2 is 1.60 bits per heavy atom. The van der Waals surface area contributed by atoms with Crippen LogP contribution in [-0.2, 0) is 25.7 Å². The van der Waals surface area contributed by atoms with Crippen LogP contribution in [0, 0.1) is 0 Å². The molecule has 0 aliphatic carbocycles. The summed E-state index contributed by atoms with van der Waals surface area (Å²) in [7, 11) is 2.70. The van der Waals surface area contributed by atoms with E-state index in [1.807, 2.05) is 24.3 Å². The lowest BCUT2D eigenvalue weighted by Gasteiger charge is -2.40. The number of para-hydroxylation sites is 1. The molecule has 3 amide bonds. The van der Waals surface area contributed by atoms with Crippen LogP contribution in [0.1, 0.15) is 41.6 Å². The third-order valence-corrected chi connectivity index (χ3v) is 7.71. The van der Waals surface area contributed by atoms with Gasteiger partial charge in [0.1, 0.15) is 24.2 Å². The first-order valence-corrected chi connectivity index (χ1v) is 13.4. The molecule has 0 saturated carbocycles. The van der Waals surface area contributed by atoms with Crippen molar-refractivity contribution >= 4 is 29.6 Å². The van der Waals surface area contributed by atoms with Gasteiger partial charge in [0.05, 0.1) is 25.5 Å². The number of benzene rings is 2. The minimum Gasteiger partial charge on any atom is -0.496 e. The summed E-state index contributed by atoms with van der Waals surface area (Å²) in [6, 6.07) is 12.8. The number of anilines is 1. The second kappa shape index (κ2) is 11.8. The molecule has 5 rings (SSSR count). The smallest absolute Gasteiger partial charge is 0.414 e. The van der Waals surface area contributed by atoms with Crippen LogP contribution < -0.4 is 14.4 Å². The van der Waals surface area contributed by atoms with Gasteiger partial charge in [-0.2, -0.15) is 0 Å². The number of hydrogen-bond acceptors (Lipinski definition) is 8. The molecule has 3 aliphatic rings. The van der Waals surface area contributed by atoms with Crippen LogP contribution in [0.4, 0.5) is 10.5 Å². The van der Waals surface area contributed by atoms with Crippen molar-refractivity contribution in [2.24, 2.45) is 0 Å². The normalized spacial score (nSPS) is 18.1. The summed E-state index contributed by atoms with van der Waals surface area (Å²) in [5.41, 5.74) is 2.30. The Bertz CT molecular complexity index is 1280. The molecule has 2 fully saturated rings. The number of rotatable bonds is 5. The summed E-state index contributed by atoms with van der Waals surface area (Å²) in [6.45, 7) is 2.06. The summed E-state index contributed by atoms with van der Waals surface area (Å²) < 4.78 is 21.5. The van der Waals surface area contributed by atoms with E-state index in [9.17, 15) is 19.2 Å². The number of cyclic esters (lactones) is 1. The number of carbonyl (C=O) groups excluding carboxylic acids is 4. The van der Waals surface area contributed by atoms with Crippen molar-refractivity contribution in [2.45, 2.75) is 44.4 Å². The number of esters is 1. The zero-order valence-electron chi connectivity index (χ0n) is 22.7. The largest absolute Gasteiger partial charge is 0.496 e. The van der Waals surface area contributed by atoms with E-state index in [0.29, 0.717) is 68.9 Å². The molecule has 3 aliphatic heterocycles. The summed E-state index contributed by atoms with van der Waals surface area (Å²) in [5, 5.41) is 0. The minimum atomic E-state index is -0.868. The van der Waals surface area contributed by atoms with Gasteiger partial charge in [-0.1, -0.05) is 18.2 Å². The average Bonchev–Trinajstić information content (AvgIpc) is 3.00. The maximum Gasteiger partial charge on any atom is 0.414 e. The van der Waals surface area contributed by atoms with Crippen LogP contribution in [0.25, 0.3) is 0 Å². The van der Waals surface area contributed by atoms with Gasteiger partial charge in [-0.25, -0.2) is 9.59 Å². The molecule has 2 aromatic rings. The van der Waals surface area contributed by atoms with Crippen molar-refractivity contribution in [2.75, 3.05) is 45.3 Å². The van der Waals surface area contributed by atoms with Crippen molar-refractivity contribution < 1.29 is 38.1 Å². The summed E-state index contributed by atoms with van der Waals surface area (Å²) in [6.07, 6.45) is 1.91. The maximum atomic E-state index is 13.4. The second-order valence-electron chi connectivity index (χ2n) is 10.0. The van der Waals surface area contributed by atoms with Gasteiger partial charge >= 0.3 is 18.0 Å². The maximum absolute atomic E-state index is 13.4. The molecule has 0 N–H and O–H groups in total. The van der Waals surface area contributed by atoms with E-state index in [-0.39, 0.29) is 30.8 Å². The van der Waals surface area contributed by atoms with E-state index in [2.05, 4.69) is 4.74 Å². The number of methoxy groups -OCH3 is 2. The number of ether oxygens (including phenoxy) is 4. The Kier molecular flexibility index (Phi) is 8.09. The van der Waals surface area contributed by atoms with Gasteiger partial charge in [0, 0.05) is 56.7 Å². The Labute approximate surface area is 232 Å². The van der Waals surface area contributed by atoms with Gasteiger partial charge in [-0.15, -0.1) is 0 Å². The lowest BCUT2D eigenvalue weighted by atomic mass is 10.00. The second-order valence-corrected chi connectivity index (χ2v) is 10.0. The highest BCUT2D eigenvalue weighted by Crippen LogP contribution is 2.33. The summed E-state index contributed by atoms with van der Waals surface area (Å²) in [4.78, 5) is 54.5. The van der Waals surface area contributed by atoms with Gasteiger partial charge in [-0.3, -0.25) is 14.5 Å². The van der Waals surface area contributed by atoms with Gasteiger partial charge < -0.3 is 28.7 Å². The van der Waals surface area contributed by atoms with Crippen molar-refractivity contribution in [1.29, 1.82) is 0 Å². The fraction of sp³-hybridized carbons (Fsp3) is 0.448. The highest BCUT2D eigenvalue weighted by atomic mass is 16.6. The Balaban J connectivity index is 1.18.